The van der Waals surface area contributed by atoms with Gasteiger partial charge < -0.3 is 10.1 Å². The molecule has 1 aliphatic heterocycles. The van der Waals surface area contributed by atoms with E-state index in [1.54, 1.807) is 20.9 Å². The Kier molecular flexibility index (Phi) is 4.99. The summed E-state index contributed by atoms with van der Waals surface area (Å²) >= 11 is 0. The van der Waals surface area contributed by atoms with Crippen molar-refractivity contribution in [3.63, 3.8) is 0 Å². The Morgan fingerprint density at radius 2 is 2.04 bits per heavy atom. The van der Waals surface area contributed by atoms with Gasteiger partial charge >= 0.3 is 0 Å². The molecule has 2 atom stereocenters. The number of aromatic nitrogens is 2. The zero-order chi connectivity index (χ0) is 18.0. The van der Waals surface area contributed by atoms with E-state index in [0.29, 0.717) is 17.9 Å². The average molecular weight is 341 g/mol. The highest BCUT2D eigenvalue weighted by molar-refractivity contribution is 5.95. The smallest absolute Gasteiger partial charge is 0.279 e. The first kappa shape index (κ1) is 17.4. The van der Waals surface area contributed by atoms with E-state index in [1.807, 2.05) is 30.3 Å². The largest absolute Gasteiger partial charge is 0.376 e. The average Bonchev–Trinajstić information content (AvgIpc) is 3.13. The Bertz CT molecular complexity index is 824. The highest BCUT2D eigenvalue weighted by Gasteiger charge is 2.30. The van der Waals surface area contributed by atoms with Crippen molar-refractivity contribution in [2.45, 2.75) is 38.8 Å². The van der Waals surface area contributed by atoms with Crippen LogP contribution in [0.5, 0.6) is 0 Å². The van der Waals surface area contributed by atoms with E-state index in [1.165, 1.54) is 4.68 Å². The first-order chi connectivity index (χ1) is 12.0. The zero-order valence-electron chi connectivity index (χ0n) is 14.8. The molecule has 25 heavy (non-hydrogen) atoms. The molecule has 2 heterocycles. The van der Waals surface area contributed by atoms with Crippen molar-refractivity contribution in [2.75, 3.05) is 6.61 Å². The Hall–Kier alpha value is -2.47. The maximum Gasteiger partial charge on any atom is 0.279 e. The maximum absolute atomic E-state index is 12.9. The van der Waals surface area contributed by atoms with Crippen molar-refractivity contribution in [1.82, 2.24) is 15.1 Å². The summed E-state index contributed by atoms with van der Waals surface area (Å²) in [5.74, 6) is -0.382. The zero-order valence-corrected chi connectivity index (χ0v) is 14.8. The minimum Gasteiger partial charge on any atom is -0.376 e. The summed E-state index contributed by atoms with van der Waals surface area (Å²) in [5.41, 5.74) is 2.01. The Morgan fingerprint density at radius 3 is 2.68 bits per heavy atom. The minimum atomic E-state index is -0.389. The van der Waals surface area contributed by atoms with Crippen LogP contribution in [0.3, 0.4) is 0 Å². The summed E-state index contributed by atoms with van der Waals surface area (Å²) in [5, 5.41) is 7.15. The van der Waals surface area contributed by atoms with Crippen LogP contribution in [0.1, 0.15) is 46.1 Å². The third-order valence-corrected chi connectivity index (χ3v) is 4.73. The quantitative estimate of drug-likeness (QED) is 0.924. The number of nitrogens with zero attached hydrogens (tertiary/aromatic N) is 2. The van der Waals surface area contributed by atoms with E-state index in [0.717, 1.165) is 18.4 Å². The van der Waals surface area contributed by atoms with Gasteiger partial charge in [0, 0.05) is 13.7 Å². The standard InChI is InChI=1S/C19H23N3O3/c1-12-13(2)21-22(3)19(24)16(12)18(23)20-17(15-10-7-11-25-15)14-8-5-4-6-9-14/h4-6,8-9,15,17H,7,10-11H2,1-3H3,(H,20,23). The van der Waals surface area contributed by atoms with E-state index in [-0.39, 0.29) is 29.2 Å². The fraction of sp³-hybridized carbons (Fsp3) is 0.421. The summed E-state index contributed by atoms with van der Waals surface area (Å²) in [6.07, 6.45) is 1.77. The van der Waals surface area contributed by atoms with Gasteiger partial charge in [-0.1, -0.05) is 30.3 Å². The predicted octanol–water partition coefficient (Wildman–Crippen LogP) is 2.05. The molecule has 1 amide bonds. The maximum atomic E-state index is 12.9. The molecule has 2 unspecified atom stereocenters. The molecule has 1 aliphatic rings. The number of benzene rings is 1. The van der Waals surface area contributed by atoms with Crippen molar-refractivity contribution in [3.05, 3.63) is 63.1 Å². The van der Waals surface area contributed by atoms with Gasteiger partial charge in [-0.05, 0) is 37.8 Å². The van der Waals surface area contributed by atoms with E-state index in [4.69, 9.17) is 4.74 Å². The van der Waals surface area contributed by atoms with Crippen LogP contribution in [0.15, 0.2) is 35.1 Å². The molecule has 1 N–H and O–H groups in total. The van der Waals surface area contributed by atoms with Gasteiger partial charge in [-0.3, -0.25) is 9.59 Å². The van der Waals surface area contributed by atoms with Crippen LogP contribution in [-0.4, -0.2) is 28.4 Å². The summed E-state index contributed by atoms with van der Waals surface area (Å²) in [7, 11) is 1.56. The van der Waals surface area contributed by atoms with Gasteiger partial charge in [-0.25, -0.2) is 4.68 Å². The molecule has 0 radical (unpaired) electrons. The molecule has 132 valence electrons. The van der Waals surface area contributed by atoms with Gasteiger partial charge in [0.2, 0.25) is 0 Å². The van der Waals surface area contributed by atoms with Crippen molar-refractivity contribution in [1.29, 1.82) is 0 Å². The number of hydrogen-bond donors (Lipinski definition) is 1. The molecule has 1 aromatic heterocycles. The second-order valence-electron chi connectivity index (χ2n) is 6.43. The van der Waals surface area contributed by atoms with E-state index in [2.05, 4.69) is 10.4 Å². The number of hydrogen-bond acceptors (Lipinski definition) is 4. The number of carbonyl (C=O) groups excluding carboxylic acids is 1. The second-order valence-corrected chi connectivity index (χ2v) is 6.43. The summed E-state index contributed by atoms with van der Waals surface area (Å²) in [6.45, 7) is 4.24. The van der Waals surface area contributed by atoms with E-state index >= 15 is 0 Å². The Balaban J connectivity index is 1.95. The van der Waals surface area contributed by atoms with Gasteiger partial charge in [-0.2, -0.15) is 5.10 Å². The lowest BCUT2D eigenvalue weighted by molar-refractivity contribution is 0.0671. The lowest BCUT2D eigenvalue weighted by atomic mass is 9.98. The number of amides is 1. The molecule has 6 heteroatoms. The summed E-state index contributed by atoms with van der Waals surface area (Å²) < 4.78 is 7.01. The number of ether oxygens (including phenoxy) is 1. The highest BCUT2D eigenvalue weighted by Crippen LogP contribution is 2.27. The molecule has 0 saturated carbocycles. The van der Waals surface area contributed by atoms with E-state index < -0.39 is 0 Å². The monoisotopic (exact) mass is 341 g/mol. The second kappa shape index (κ2) is 7.19. The van der Waals surface area contributed by atoms with Crippen LogP contribution in [0.4, 0.5) is 0 Å². The molecule has 0 aliphatic carbocycles. The predicted molar refractivity (Wildman–Crippen MR) is 94.6 cm³/mol. The molecule has 0 spiro atoms. The Morgan fingerprint density at radius 1 is 1.32 bits per heavy atom. The lowest BCUT2D eigenvalue weighted by Crippen LogP contribution is -2.40. The third kappa shape index (κ3) is 3.49. The molecule has 6 nitrogen and oxygen atoms in total. The minimum absolute atomic E-state index is 0.0848. The third-order valence-electron chi connectivity index (χ3n) is 4.73. The van der Waals surface area contributed by atoms with Crippen LogP contribution in [0.2, 0.25) is 0 Å². The number of carbonyl (C=O) groups is 1. The normalized spacial score (nSPS) is 18.1. The van der Waals surface area contributed by atoms with Crippen LogP contribution >= 0.6 is 0 Å². The lowest BCUT2D eigenvalue weighted by Gasteiger charge is -2.25. The fourth-order valence-corrected chi connectivity index (χ4v) is 3.25. The molecule has 1 aromatic carbocycles. The van der Waals surface area contributed by atoms with Crippen LogP contribution in [0.25, 0.3) is 0 Å². The number of nitrogens with one attached hydrogen (secondary N) is 1. The fourth-order valence-electron chi connectivity index (χ4n) is 3.25. The highest BCUT2D eigenvalue weighted by atomic mass is 16.5. The van der Waals surface area contributed by atoms with Crippen molar-refractivity contribution >= 4 is 5.91 Å². The van der Waals surface area contributed by atoms with Crippen LogP contribution < -0.4 is 10.9 Å². The SMILES string of the molecule is Cc1nn(C)c(=O)c(C(=O)NC(c2ccccc2)C2CCCO2)c1C. The van der Waals surface area contributed by atoms with Crippen LogP contribution in [-0.2, 0) is 11.8 Å². The molecule has 1 fully saturated rings. The van der Waals surface area contributed by atoms with Crippen molar-refractivity contribution < 1.29 is 9.53 Å². The first-order valence-corrected chi connectivity index (χ1v) is 8.51. The van der Waals surface area contributed by atoms with Gasteiger partial charge in [0.25, 0.3) is 11.5 Å². The molecular formula is C19H23N3O3. The van der Waals surface area contributed by atoms with E-state index in [9.17, 15) is 9.59 Å². The molecular weight excluding hydrogens is 318 g/mol. The van der Waals surface area contributed by atoms with Gasteiger partial charge in [0.15, 0.2) is 0 Å². The first-order valence-electron chi connectivity index (χ1n) is 8.51. The van der Waals surface area contributed by atoms with Gasteiger partial charge in [0.1, 0.15) is 5.56 Å². The molecule has 2 aromatic rings. The van der Waals surface area contributed by atoms with Crippen molar-refractivity contribution in [3.8, 4) is 0 Å². The van der Waals surface area contributed by atoms with Crippen LogP contribution in [0, 0.1) is 13.8 Å². The summed E-state index contributed by atoms with van der Waals surface area (Å²) in [4.78, 5) is 25.4. The Labute approximate surface area is 146 Å². The number of rotatable bonds is 4. The molecule has 1 saturated heterocycles. The van der Waals surface area contributed by atoms with Crippen molar-refractivity contribution in [2.24, 2.45) is 7.05 Å². The van der Waals surface area contributed by atoms with Gasteiger partial charge in [-0.15, -0.1) is 0 Å². The molecule has 0 bridgehead atoms. The molecule has 3 rings (SSSR count). The summed E-state index contributed by atoms with van der Waals surface area (Å²) in [6, 6.07) is 9.46. The topological polar surface area (TPSA) is 73.2 Å². The van der Waals surface area contributed by atoms with Gasteiger partial charge in [0.05, 0.1) is 17.8 Å². The number of aryl methyl sites for hydroxylation is 2.